The Labute approximate surface area is 220 Å². The lowest BCUT2D eigenvalue weighted by Gasteiger charge is -2.14. The van der Waals surface area contributed by atoms with Gasteiger partial charge in [-0.3, -0.25) is 4.89 Å². The zero-order valence-electron chi connectivity index (χ0n) is 21.1. The van der Waals surface area contributed by atoms with Crippen LogP contribution in [0, 0.1) is 0 Å². The van der Waals surface area contributed by atoms with Crippen LogP contribution in [0.4, 0.5) is 8.78 Å². The maximum Gasteiger partial charge on any atom is 0.383 e. The zero-order chi connectivity index (χ0) is 27.3. The average Bonchev–Trinajstić information content (AvgIpc) is 2.94. The fourth-order valence-electron chi connectivity index (χ4n) is 3.81. The van der Waals surface area contributed by atoms with Gasteiger partial charge in [0, 0.05) is 0 Å². The zero-order valence-corrected chi connectivity index (χ0v) is 21.1. The molecule has 0 atom stereocenters. The summed E-state index contributed by atoms with van der Waals surface area (Å²) in [6.07, 6.45) is 2.84. The van der Waals surface area contributed by atoms with E-state index in [1.54, 1.807) is 12.1 Å². The van der Waals surface area contributed by atoms with Crippen LogP contribution in [0.5, 0.6) is 11.5 Å². The molecular formula is C30H30F2O6. The molecule has 0 radical (unpaired) electrons. The average molecular weight is 525 g/mol. The smallest absolute Gasteiger partial charge is 0.383 e. The first-order valence-electron chi connectivity index (χ1n) is 12.1. The highest BCUT2D eigenvalue weighted by atomic mass is 19.3. The van der Waals surface area contributed by atoms with Gasteiger partial charge in [0.25, 0.3) is 6.08 Å². The maximum absolute atomic E-state index is 12.3. The van der Waals surface area contributed by atoms with E-state index in [0.717, 1.165) is 53.2 Å². The van der Waals surface area contributed by atoms with Gasteiger partial charge in [0.1, 0.15) is 0 Å². The second-order valence-corrected chi connectivity index (χ2v) is 8.48. The molecular weight excluding hydrogens is 494 g/mol. The quantitative estimate of drug-likeness (QED) is 0.104. The van der Waals surface area contributed by atoms with Crippen molar-refractivity contribution < 1.29 is 38.2 Å². The Hall–Kier alpha value is -4.01. The standard InChI is InChI=1S/C30H30F2O6/c1-21(20-33)30(34)38-37-27-16-11-23(12-17-27)28-18-13-24(22-9-14-26(15-10-22)36-35-2)19-25(28)7-5-3-4-6-8-29(31)32/h8-19,33H,1,3-7,20H2,2H3. The Morgan fingerprint density at radius 1 is 0.868 bits per heavy atom. The molecule has 3 aromatic rings. The number of halogens is 2. The first-order valence-corrected chi connectivity index (χ1v) is 12.1. The molecule has 0 spiro atoms. The number of unbranched alkanes of at least 4 members (excludes halogenated alkanes) is 3. The monoisotopic (exact) mass is 524 g/mol. The van der Waals surface area contributed by atoms with Crippen LogP contribution < -0.4 is 9.78 Å². The summed E-state index contributed by atoms with van der Waals surface area (Å²) >= 11 is 0. The summed E-state index contributed by atoms with van der Waals surface area (Å²) in [4.78, 5) is 31.1. The van der Waals surface area contributed by atoms with Gasteiger partial charge < -0.3 is 9.99 Å². The number of carbonyl (C=O) groups is 1. The van der Waals surface area contributed by atoms with Crippen molar-refractivity contribution in [1.82, 2.24) is 0 Å². The minimum Gasteiger partial charge on any atom is -0.391 e. The number of aliphatic hydroxyl groups excluding tert-OH is 1. The fourth-order valence-corrected chi connectivity index (χ4v) is 3.81. The van der Waals surface area contributed by atoms with Crippen molar-refractivity contribution in [2.75, 3.05) is 13.7 Å². The fraction of sp³-hybridized carbons (Fsp3) is 0.233. The molecule has 1 N–H and O–H groups in total. The predicted octanol–water partition coefficient (Wildman–Crippen LogP) is 7.23. The lowest BCUT2D eigenvalue weighted by Crippen LogP contribution is -2.12. The number of benzene rings is 3. The van der Waals surface area contributed by atoms with Crippen molar-refractivity contribution in [3.8, 4) is 33.8 Å². The van der Waals surface area contributed by atoms with Crippen molar-refractivity contribution in [3.05, 3.63) is 96.6 Å². The summed E-state index contributed by atoms with van der Waals surface area (Å²) < 4.78 is 24.6. The maximum atomic E-state index is 12.3. The van der Waals surface area contributed by atoms with Gasteiger partial charge in [-0.15, -0.1) is 0 Å². The highest BCUT2D eigenvalue weighted by molar-refractivity contribution is 5.87. The number of hydrogen-bond acceptors (Lipinski definition) is 6. The predicted molar refractivity (Wildman–Crippen MR) is 140 cm³/mol. The SMILES string of the molecule is C=C(CO)C(=O)OOc1ccc(-c2ccc(-c3ccc(OOC)cc3)cc2CCCCCC=C(F)F)cc1. The number of allylic oxidation sites excluding steroid dienone is 1. The molecule has 0 bridgehead atoms. The van der Waals surface area contributed by atoms with Crippen molar-refractivity contribution in [3.63, 3.8) is 0 Å². The van der Waals surface area contributed by atoms with Crippen LogP contribution in [0.2, 0.25) is 0 Å². The molecule has 8 heteroatoms. The van der Waals surface area contributed by atoms with E-state index in [9.17, 15) is 13.6 Å². The Morgan fingerprint density at radius 2 is 1.50 bits per heavy atom. The highest BCUT2D eigenvalue weighted by Crippen LogP contribution is 2.32. The molecule has 0 unspecified atom stereocenters. The molecule has 0 aromatic heterocycles. The molecule has 0 aliphatic rings. The van der Waals surface area contributed by atoms with Crippen LogP contribution in [0.15, 0.2) is 91.0 Å². The Balaban J connectivity index is 1.79. The summed E-state index contributed by atoms with van der Waals surface area (Å²) in [5.74, 6) is 0.0686. The molecule has 38 heavy (non-hydrogen) atoms. The van der Waals surface area contributed by atoms with Gasteiger partial charge in [0.15, 0.2) is 11.5 Å². The molecule has 0 aliphatic heterocycles. The van der Waals surface area contributed by atoms with Crippen molar-refractivity contribution >= 4 is 5.97 Å². The number of hydrogen-bond donors (Lipinski definition) is 1. The van der Waals surface area contributed by atoms with Crippen LogP contribution in [0.3, 0.4) is 0 Å². The molecule has 0 amide bonds. The van der Waals surface area contributed by atoms with E-state index in [4.69, 9.17) is 19.8 Å². The largest absolute Gasteiger partial charge is 0.391 e. The number of rotatable bonds is 14. The van der Waals surface area contributed by atoms with E-state index >= 15 is 0 Å². The van der Waals surface area contributed by atoms with Crippen LogP contribution in [0.25, 0.3) is 22.3 Å². The number of aryl methyl sites for hydroxylation is 1. The Bertz CT molecular complexity index is 1230. The molecule has 0 aliphatic carbocycles. The third-order valence-corrected chi connectivity index (χ3v) is 5.78. The molecule has 200 valence electrons. The minimum atomic E-state index is -1.64. The first-order chi connectivity index (χ1) is 18.4. The first kappa shape index (κ1) is 28.6. The molecule has 3 aromatic carbocycles. The third kappa shape index (κ3) is 8.54. The molecule has 0 saturated heterocycles. The minimum absolute atomic E-state index is 0.113. The summed E-state index contributed by atoms with van der Waals surface area (Å²) in [6, 6.07) is 20.8. The van der Waals surface area contributed by atoms with Gasteiger partial charge in [-0.25, -0.2) is 9.68 Å². The van der Waals surface area contributed by atoms with Crippen molar-refractivity contribution in [2.24, 2.45) is 0 Å². The topological polar surface area (TPSA) is 74.2 Å². The summed E-state index contributed by atoms with van der Waals surface area (Å²) in [7, 11) is 1.45. The summed E-state index contributed by atoms with van der Waals surface area (Å²) in [5, 5.41) is 8.94. The van der Waals surface area contributed by atoms with E-state index in [1.807, 2.05) is 48.5 Å². The van der Waals surface area contributed by atoms with E-state index in [1.165, 1.54) is 7.11 Å². The van der Waals surface area contributed by atoms with Crippen LogP contribution >= 0.6 is 0 Å². The molecule has 0 fully saturated rings. The lowest BCUT2D eigenvalue weighted by molar-refractivity contribution is -0.209. The third-order valence-electron chi connectivity index (χ3n) is 5.78. The number of carbonyl (C=O) groups excluding carboxylic acids is 1. The Kier molecular flexibility index (Phi) is 11.0. The van der Waals surface area contributed by atoms with Gasteiger partial charge in [0.05, 0.1) is 19.3 Å². The molecule has 0 saturated carbocycles. The van der Waals surface area contributed by atoms with Crippen LogP contribution in [-0.2, 0) is 21.0 Å². The van der Waals surface area contributed by atoms with Crippen LogP contribution in [0.1, 0.15) is 31.2 Å². The second-order valence-electron chi connectivity index (χ2n) is 8.48. The van der Waals surface area contributed by atoms with Gasteiger partial charge in [-0.2, -0.15) is 13.7 Å². The van der Waals surface area contributed by atoms with E-state index in [-0.39, 0.29) is 5.57 Å². The van der Waals surface area contributed by atoms with E-state index in [0.29, 0.717) is 24.3 Å². The van der Waals surface area contributed by atoms with E-state index < -0.39 is 18.7 Å². The van der Waals surface area contributed by atoms with Gasteiger partial charge >= 0.3 is 5.97 Å². The van der Waals surface area contributed by atoms with Crippen molar-refractivity contribution in [2.45, 2.75) is 32.1 Å². The molecule has 0 heterocycles. The highest BCUT2D eigenvalue weighted by Gasteiger charge is 2.12. The second kappa shape index (κ2) is 14.7. The van der Waals surface area contributed by atoms with Gasteiger partial charge in [0.2, 0.25) is 0 Å². The van der Waals surface area contributed by atoms with Gasteiger partial charge in [-0.1, -0.05) is 55.5 Å². The Morgan fingerprint density at radius 3 is 2.13 bits per heavy atom. The lowest BCUT2D eigenvalue weighted by atomic mass is 9.92. The summed E-state index contributed by atoms with van der Waals surface area (Å²) in [5.41, 5.74) is 5.02. The van der Waals surface area contributed by atoms with E-state index in [2.05, 4.69) is 17.5 Å². The van der Waals surface area contributed by atoms with Crippen molar-refractivity contribution in [1.29, 1.82) is 0 Å². The normalized spacial score (nSPS) is 10.5. The molecule has 6 nitrogen and oxygen atoms in total. The number of aliphatic hydroxyl groups is 1. The van der Waals surface area contributed by atoms with Gasteiger partial charge in [-0.05, 0) is 83.8 Å². The van der Waals surface area contributed by atoms with Crippen LogP contribution in [-0.4, -0.2) is 24.8 Å². The summed E-state index contributed by atoms with van der Waals surface area (Å²) in [6.45, 7) is 2.87. The molecule has 3 rings (SSSR count).